The van der Waals surface area contributed by atoms with Crippen LogP contribution >= 0.6 is 0 Å². The van der Waals surface area contributed by atoms with Gasteiger partial charge >= 0.3 is 0 Å². The van der Waals surface area contributed by atoms with Crippen molar-refractivity contribution in [2.45, 2.75) is 26.8 Å². The highest BCUT2D eigenvalue weighted by Crippen LogP contribution is 2.04. The summed E-state index contributed by atoms with van der Waals surface area (Å²) in [6.45, 7) is 9.96. The standard InChI is InChI=1S/C12H18N2/c1-4-10(2)7-14-9-12-5-6-13-8-11(12)3/h5-6,8,14H,2,4,7,9H2,1,3H3. The van der Waals surface area contributed by atoms with Gasteiger partial charge in [-0.1, -0.05) is 19.1 Å². The first-order valence-corrected chi connectivity index (χ1v) is 5.01. The highest BCUT2D eigenvalue weighted by atomic mass is 14.8. The van der Waals surface area contributed by atoms with Crippen LogP contribution < -0.4 is 5.32 Å². The Labute approximate surface area is 86.1 Å². The second-order valence-electron chi connectivity index (χ2n) is 3.51. The molecule has 0 atom stereocenters. The highest BCUT2D eigenvalue weighted by molar-refractivity contribution is 5.21. The van der Waals surface area contributed by atoms with Crippen LogP contribution in [0.1, 0.15) is 24.5 Å². The average Bonchev–Trinajstić information content (AvgIpc) is 2.20. The molecule has 0 bridgehead atoms. The van der Waals surface area contributed by atoms with E-state index in [9.17, 15) is 0 Å². The molecule has 0 spiro atoms. The lowest BCUT2D eigenvalue weighted by molar-refractivity contribution is 0.723. The zero-order valence-corrected chi connectivity index (χ0v) is 9.01. The van der Waals surface area contributed by atoms with Crippen molar-refractivity contribution in [3.8, 4) is 0 Å². The number of nitrogens with one attached hydrogen (secondary N) is 1. The summed E-state index contributed by atoms with van der Waals surface area (Å²) in [5.74, 6) is 0. The van der Waals surface area contributed by atoms with Gasteiger partial charge in [0.25, 0.3) is 0 Å². The lowest BCUT2D eigenvalue weighted by atomic mass is 10.1. The van der Waals surface area contributed by atoms with Crippen LogP contribution in [0, 0.1) is 6.92 Å². The van der Waals surface area contributed by atoms with Gasteiger partial charge in [-0.25, -0.2) is 0 Å². The van der Waals surface area contributed by atoms with Gasteiger partial charge < -0.3 is 5.32 Å². The first-order valence-electron chi connectivity index (χ1n) is 5.01. The fourth-order valence-corrected chi connectivity index (χ4v) is 1.20. The Morgan fingerprint density at radius 1 is 1.57 bits per heavy atom. The van der Waals surface area contributed by atoms with Crippen LogP contribution in [0.5, 0.6) is 0 Å². The molecule has 0 unspecified atom stereocenters. The molecule has 1 rings (SSSR count). The van der Waals surface area contributed by atoms with Gasteiger partial charge in [0.2, 0.25) is 0 Å². The van der Waals surface area contributed by atoms with E-state index in [0.717, 1.165) is 19.5 Å². The Balaban J connectivity index is 2.39. The first kappa shape index (κ1) is 10.9. The minimum absolute atomic E-state index is 0.896. The van der Waals surface area contributed by atoms with Gasteiger partial charge in [0.05, 0.1) is 0 Å². The molecule has 1 aromatic rings. The Morgan fingerprint density at radius 2 is 2.36 bits per heavy atom. The third kappa shape index (κ3) is 3.30. The van der Waals surface area contributed by atoms with Crippen LogP contribution in [-0.2, 0) is 6.54 Å². The molecule has 0 aromatic carbocycles. The summed E-state index contributed by atoms with van der Waals surface area (Å²) >= 11 is 0. The summed E-state index contributed by atoms with van der Waals surface area (Å²) < 4.78 is 0. The van der Waals surface area contributed by atoms with Crippen LogP contribution in [0.2, 0.25) is 0 Å². The lowest BCUT2D eigenvalue weighted by Gasteiger charge is -2.07. The third-order valence-corrected chi connectivity index (χ3v) is 2.33. The van der Waals surface area contributed by atoms with E-state index in [0.29, 0.717) is 0 Å². The van der Waals surface area contributed by atoms with E-state index in [1.54, 1.807) is 0 Å². The van der Waals surface area contributed by atoms with Crippen molar-refractivity contribution in [2.24, 2.45) is 0 Å². The molecule has 0 radical (unpaired) electrons. The molecule has 0 amide bonds. The molecular formula is C12H18N2. The number of aromatic nitrogens is 1. The maximum Gasteiger partial charge on any atom is 0.0300 e. The summed E-state index contributed by atoms with van der Waals surface area (Å²) in [5, 5.41) is 3.37. The Kier molecular flexibility index (Phi) is 4.33. The maximum atomic E-state index is 4.06. The molecule has 0 fully saturated rings. The van der Waals surface area contributed by atoms with Crippen LogP contribution in [0.15, 0.2) is 30.6 Å². The molecule has 76 valence electrons. The summed E-state index contributed by atoms with van der Waals surface area (Å²) in [4.78, 5) is 4.06. The van der Waals surface area contributed by atoms with E-state index in [2.05, 4.69) is 36.8 Å². The third-order valence-electron chi connectivity index (χ3n) is 2.33. The van der Waals surface area contributed by atoms with Crippen molar-refractivity contribution in [1.82, 2.24) is 10.3 Å². The minimum Gasteiger partial charge on any atom is -0.309 e. The van der Waals surface area contributed by atoms with Gasteiger partial charge in [-0.3, -0.25) is 4.98 Å². The molecule has 14 heavy (non-hydrogen) atoms. The monoisotopic (exact) mass is 190 g/mol. The average molecular weight is 190 g/mol. The Bertz CT molecular complexity index is 305. The van der Waals surface area contributed by atoms with Crippen molar-refractivity contribution < 1.29 is 0 Å². The van der Waals surface area contributed by atoms with Gasteiger partial charge in [0, 0.05) is 25.5 Å². The maximum absolute atomic E-state index is 4.06. The number of aryl methyl sites for hydroxylation is 1. The van der Waals surface area contributed by atoms with Gasteiger partial charge in [0.1, 0.15) is 0 Å². The van der Waals surface area contributed by atoms with Crippen LogP contribution in [-0.4, -0.2) is 11.5 Å². The molecule has 1 N–H and O–H groups in total. The minimum atomic E-state index is 0.896. The molecule has 2 nitrogen and oxygen atoms in total. The number of hydrogen-bond donors (Lipinski definition) is 1. The van der Waals surface area contributed by atoms with E-state index < -0.39 is 0 Å². The normalized spacial score (nSPS) is 10.1. The molecule has 1 heterocycles. The second kappa shape index (κ2) is 5.55. The smallest absolute Gasteiger partial charge is 0.0300 e. The van der Waals surface area contributed by atoms with Gasteiger partial charge in [-0.15, -0.1) is 0 Å². The Hall–Kier alpha value is -1.15. The molecule has 0 saturated heterocycles. The number of nitrogens with zero attached hydrogens (tertiary/aromatic N) is 1. The predicted molar refractivity (Wildman–Crippen MR) is 60.1 cm³/mol. The van der Waals surface area contributed by atoms with Gasteiger partial charge in [-0.2, -0.15) is 0 Å². The second-order valence-corrected chi connectivity index (χ2v) is 3.51. The zero-order valence-electron chi connectivity index (χ0n) is 9.01. The predicted octanol–water partition coefficient (Wildman–Crippen LogP) is 2.45. The van der Waals surface area contributed by atoms with E-state index >= 15 is 0 Å². The molecule has 0 aliphatic rings. The fourth-order valence-electron chi connectivity index (χ4n) is 1.20. The zero-order chi connectivity index (χ0) is 10.4. The summed E-state index contributed by atoms with van der Waals surface area (Å²) in [5.41, 5.74) is 3.79. The SMILES string of the molecule is C=C(CC)CNCc1ccncc1C. The number of rotatable bonds is 5. The van der Waals surface area contributed by atoms with Crippen molar-refractivity contribution in [3.05, 3.63) is 41.7 Å². The summed E-state index contributed by atoms with van der Waals surface area (Å²) in [6.07, 6.45) is 4.77. The molecule has 0 saturated carbocycles. The van der Waals surface area contributed by atoms with Crippen molar-refractivity contribution in [2.75, 3.05) is 6.54 Å². The topological polar surface area (TPSA) is 24.9 Å². The van der Waals surface area contributed by atoms with Crippen LogP contribution in [0.3, 0.4) is 0 Å². The van der Waals surface area contributed by atoms with E-state index in [1.807, 2.05) is 12.4 Å². The Morgan fingerprint density at radius 3 is 3.00 bits per heavy atom. The molecule has 0 aliphatic carbocycles. The summed E-state index contributed by atoms with van der Waals surface area (Å²) in [7, 11) is 0. The summed E-state index contributed by atoms with van der Waals surface area (Å²) in [6, 6.07) is 2.05. The van der Waals surface area contributed by atoms with E-state index in [-0.39, 0.29) is 0 Å². The fraction of sp³-hybridized carbons (Fsp3) is 0.417. The van der Waals surface area contributed by atoms with E-state index in [4.69, 9.17) is 0 Å². The van der Waals surface area contributed by atoms with E-state index in [1.165, 1.54) is 16.7 Å². The lowest BCUT2D eigenvalue weighted by Crippen LogP contribution is -2.16. The first-order chi connectivity index (χ1) is 6.74. The molecule has 0 aliphatic heterocycles. The van der Waals surface area contributed by atoms with Crippen molar-refractivity contribution in [3.63, 3.8) is 0 Å². The van der Waals surface area contributed by atoms with Crippen LogP contribution in [0.25, 0.3) is 0 Å². The quantitative estimate of drug-likeness (QED) is 0.721. The van der Waals surface area contributed by atoms with Gasteiger partial charge in [0.15, 0.2) is 0 Å². The van der Waals surface area contributed by atoms with Gasteiger partial charge in [-0.05, 0) is 30.5 Å². The molecule has 1 aromatic heterocycles. The van der Waals surface area contributed by atoms with Crippen molar-refractivity contribution >= 4 is 0 Å². The molecule has 2 heteroatoms. The highest BCUT2D eigenvalue weighted by Gasteiger charge is 1.96. The number of hydrogen-bond acceptors (Lipinski definition) is 2. The molecular weight excluding hydrogens is 172 g/mol. The largest absolute Gasteiger partial charge is 0.309 e. The number of pyridine rings is 1. The van der Waals surface area contributed by atoms with Crippen molar-refractivity contribution in [1.29, 1.82) is 0 Å². The van der Waals surface area contributed by atoms with Crippen LogP contribution in [0.4, 0.5) is 0 Å².